The number of rotatable bonds is 4. The normalized spacial score (nSPS) is 18.3. The molecule has 0 unspecified atom stereocenters. The Bertz CT molecular complexity index is 1880. The molecule has 1 fully saturated rings. The summed E-state index contributed by atoms with van der Waals surface area (Å²) in [6, 6.07) is 3.52. The maximum atomic E-state index is 16.0. The number of amides is 2. The quantitative estimate of drug-likeness (QED) is 0.347. The number of benzene rings is 1. The van der Waals surface area contributed by atoms with Crippen molar-refractivity contribution in [2.75, 3.05) is 29.9 Å². The van der Waals surface area contributed by atoms with Crippen LogP contribution < -0.4 is 15.4 Å². The van der Waals surface area contributed by atoms with Gasteiger partial charge in [0.05, 0.1) is 29.0 Å². The number of aromatic nitrogens is 3. The summed E-state index contributed by atoms with van der Waals surface area (Å²) in [7, 11) is 1.47. The van der Waals surface area contributed by atoms with E-state index in [0.29, 0.717) is 10.7 Å². The number of carbonyl (C=O) groups excluding carboxylic acids is 2. The van der Waals surface area contributed by atoms with E-state index in [-0.39, 0.29) is 53.4 Å². The molecule has 13 heteroatoms. The van der Waals surface area contributed by atoms with Gasteiger partial charge in [-0.25, -0.2) is 23.3 Å². The highest BCUT2D eigenvalue weighted by molar-refractivity contribution is 7.12. The highest BCUT2D eigenvalue weighted by Gasteiger charge is 2.46. The van der Waals surface area contributed by atoms with Crippen molar-refractivity contribution < 1.29 is 23.5 Å². The van der Waals surface area contributed by atoms with Crippen molar-refractivity contribution in [2.45, 2.75) is 38.8 Å². The molecule has 1 saturated heterocycles. The number of thiazole rings is 1. The molecule has 3 aromatic heterocycles. The van der Waals surface area contributed by atoms with E-state index in [1.54, 1.807) is 15.3 Å². The van der Waals surface area contributed by atoms with Gasteiger partial charge in [0, 0.05) is 25.0 Å². The predicted molar refractivity (Wildman–Crippen MR) is 160 cm³/mol. The topological polar surface area (TPSA) is 112 Å². The largest absolute Gasteiger partial charge is 0.507 e. The Morgan fingerprint density at radius 1 is 1.19 bits per heavy atom. The van der Waals surface area contributed by atoms with Gasteiger partial charge in [-0.15, -0.1) is 11.3 Å². The van der Waals surface area contributed by atoms with Gasteiger partial charge in [0.25, 0.3) is 11.5 Å². The Labute approximate surface area is 249 Å². The maximum absolute atomic E-state index is 16.0. The Balaban J connectivity index is 1.72. The molecule has 0 aliphatic carbocycles. The van der Waals surface area contributed by atoms with Crippen LogP contribution >= 0.6 is 11.3 Å². The minimum absolute atomic E-state index is 0.00713. The predicted octanol–water partition coefficient (Wildman–Crippen LogP) is 4.18. The zero-order valence-corrected chi connectivity index (χ0v) is 24.7. The number of pyridine rings is 2. The number of hydrogen-bond donors (Lipinski definition) is 1. The van der Waals surface area contributed by atoms with E-state index in [1.165, 1.54) is 46.1 Å². The summed E-state index contributed by atoms with van der Waals surface area (Å²) in [4.78, 5) is 54.3. The SMILES string of the molecule is C=CC(=O)N1C[C@@H]2C(=O)N(C)c3c(c4cc(F)c(-c5c(O)cccc5F)nc4n(-c4scnc4C(C)C)c3=O)N2C[C@H]1C. The molecule has 222 valence electrons. The van der Waals surface area contributed by atoms with Crippen LogP contribution in [-0.2, 0) is 9.59 Å². The number of fused-ring (bicyclic) bond motifs is 5. The third-order valence-corrected chi connectivity index (χ3v) is 8.87. The minimum Gasteiger partial charge on any atom is -0.507 e. The monoisotopic (exact) mass is 606 g/mol. The van der Waals surface area contributed by atoms with Crippen LogP contribution in [0.4, 0.5) is 20.2 Å². The minimum atomic E-state index is -0.932. The Morgan fingerprint density at radius 3 is 2.60 bits per heavy atom. The summed E-state index contributed by atoms with van der Waals surface area (Å²) in [6.45, 7) is 9.39. The molecule has 0 spiro atoms. The molecule has 1 aromatic carbocycles. The molecule has 0 bridgehead atoms. The number of carbonyl (C=O) groups is 2. The fourth-order valence-electron chi connectivity index (χ4n) is 5.96. The molecule has 4 aromatic rings. The molecule has 1 N–H and O–H groups in total. The highest BCUT2D eigenvalue weighted by Crippen LogP contribution is 2.43. The van der Waals surface area contributed by atoms with Crippen LogP contribution in [0.1, 0.15) is 32.4 Å². The molecule has 43 heavy (non-hydrogen) atoms. The van der Waals surface area contributed by atoms with E-state index in [0.717, 1.165) is 12.1 Å². The first kappa shape index (κ1) is 28.5. The molecular formula is C30H28F2N6O4S. The molecule has 0 saturated carbocycles. The molecule has 10 nitrogen and oxygen atoms in total. The number of aromatic hydroxyl groups is 1. The molecule has 2 aliphatic heterocycles. The van der Waals surface area contributed by atoms with Crippen molar-refractivity contribution in [3.8, 4) is 22.0 Å². The molecule has 5 heterocycles. The van der Waals surface area contributed by atoms with Crippen LogP contribution in [0.5, 0.6) is 5.75 Å². The zero-order valence-electron chi connectivity index (χ0n) is 23.8. The second kappa shape index (κ2) is 10.3. The van der Waals surface area contributed by atoms with Crippen LogP contribution in [0, 0.1) is 11.6 Å². The Morgan fingerprint density at radius 2 is 1.93 bits per heavy atom. The van der Waals surface area contributed by atoms with Crippen molar-refractivity contribution >= 4 is 45.6 Å². The standard InChI is InChI=1S/C30H28F2N6O4S/c1-6-21(40)36-12-19-28(41)35(5)26-25(37(19)11-15(36)4)16-10-18(32)24(22-17(31)8-7-9-20(22)39)34-27(16)38(29(26)42)30-23(14(2)3)33-13-43-30/h6-10,13-15,19,39H,1,11-12H2,2-5H3/t15-,19-/m1/s1. The summed E-state index contributed by atoms with van der Waals surface area (Å²) in [5.41, 5.74) is 0.972. The number of likely N-dealkylation sites (N-methyl/N-ethyl adjacent to an activating group) is 1. The first-order valence-corrected chi connectivity index (χ1v) is 14.5. The number of nitrogens with zero attached hydrogens (tertiary/aromatic N) is 6. The number of anilines is 2. The van der Waals surface area contributed by atoms with Gasteiger partial charge in [-0.1, -0.05) is 26.5 Å². The number of piperazine rings is 1. The van der Waals surface area contributed by atoms with E-state index < -0.39 is 46.1 Å². The summed E-state index contributed by atoms with van der Waals surface area (Å²) >= 11 is 1.18. The first-order valence-electron chi connectivity index (χ1n) is 13.6. The van der Waals surface area contributed by atoms with Crippen LogP contribution in [0.25, 0.3) is 27.3 Å². The lowest BCUT2D eigenvalue weighted by Crippen LogP contribution is -2.66. The van der Waals surface area contributed by atoms with Gasteiger partial charge in [0.15, 0.2) is 11.5 Å². The van der Waals surface area contributed by atoms with Crippen LogP contribution in [-0.4, -0.2) is 68.6 Å². The molecular weight excluding hydrogens is 578 g/mol. The summed E-state index contributed by atoms with van der Waals surface area (Å²) < 4.78 is 32.3. The van der Waals surface area contributed by atoms with E-state index in [1.807, 2.05) is 20.8 Å². The average Bonchev–Trinajstić information content (AvgIpc) is 3.45. The molecule has 2 aliphatic rings. The van der Waals surface area contributed by atoms with Crippen molar-refractivity contribution in [1.82, 2.24) is 19.4 Å². The number of phenols is 1. The summed E-state index contributed by atoms with van der Waals surface area (Å²) in [6.07, 6.45) is 1.19. The molecule has 2 atom stereocenters. The van der Waals surface area contributed by atoms with Crippen LogP contribution in [0.2, 0.25) is 0 Å². The number of hydrogen-bond acceptors (Lipinski definition) is 8. The molecule has 2 amide bonds. The molecule has 0 radical (unpaired) electrons. The second-order valence-electron chi connectivity index (χ2n) is 11.0. The summed E-state index contributed by atoms with van der Waals surface area (Å²) in [5, 5.41) is 11.1. The van der Waals surface area contributed by atoms with E-state index >= 15 is 4.39 Å². The van der Waals surface area contributed by atoms with E-state index in [9.17, 15) is 23.9 Å². The van der Waals surface area contributed by atoms with Crippen molar-refractivity contribution in [3.63, 3.8) is 0 Å². The third-order valence-electron chi connectivity index (χ3n) is 8.04. The van der Waals surface area contributed by atoms with Gasteiger partial charge in [-0.3, -0.25) is 14.4 Å². The first-order chi connectivity index (χ1) is 20.5. The van der Waals surface area contributed by atoms with Crippen molar-refractivity contribution in [3.05, 3.63) is 70.1 Å². The Kier molecular flexibility index (Phi) is 6.79. The average molecular weight is 607 g/mol. The van der Waals surface area contributed by atoms with Crippen LogP contribution in [0.15, 0.2) is 47.2 Å². The fourth-order valence-corrected chi connectivity index (χ4v) is 6.91. The van der Waals surface area contributed by atoms with Gasteiger partial charge >= 0.3 is 0 Å². The third kappa shape index (κ3) is 4.21. The van der Waals surface area contributed by atoms with Gasteiger partial charge in [-0.2, -0.15) is 0 Å². The summed E-state index contributed by atoms with van der Waals surface area (Å²) in [5.74, 6) is -3.17. The zero-order chi connectivity index (χ0) is 30.9. The lowest BCUT2D eigenvalue weighted by Gasteiger charge is -2.49. The lowest BCUT2D eigenvalue weighted by atomic mass is 9.98. The molecule has 6 rings (SSSR count). The second-order valence-corrected chi connectivity index (χ2v) is 11.8. The van der Waals surface area contributed by atoms with Gasteiger partial charge in [0.2, 0.25) is 5.91 Å². The van der Waals surface area contributed by atoms with Gasteiger partial charge < -0.3 is 19.8 Å². The fraction of sp³-hybridized carbons (Fsp3) is 0.300. The van der Waals surface area contributed by atoms with E-state index in [4.69, 9.17) is 0 Å². The van der Waals surface area contributed by atoms with Crippen molar-refractivity contribution in [2.24, 2.45) is 0 Å². The highest BCUT2D eigenvalue weighted by atomic mass is 32.1. The lowest BCUT2D eigenvalue weighted by molar-refractivity contribution is -0.130. The Hall–Kier alpha value is -4.65. The van der Waals surface area contributed by atoms with Crippen LogP contribution in [0.3, 0.4) is 0 Å². The van der Waals surface area contributed by atoms with Gasteiger partial charge in [-0.05, 0) is 37.1 Å². The number of halogens is 2. The maximum Gasteiger partial charge on any atom is 0.283 e. The van der Waals surface area contributed by atoms with Gasteiger partial charge in [0.1, 0.15) is 34.0 Å². The number of phenolic OH excluding ortho intramolecular Hbond substituents is 1. The van der Waals surface area contributed by atoms with E-state index in [2.05, 4.69) is 16.5 Å². The van der Waals surface area contributed by atoms with Crippen molar-refractivity contribution in [1.29, 1.82) is 0 Å². The smallest absolute Gasteiger partial charge is 0.283 e.